The van der Waals surface area contributed by atoms with Crippen LogP contribution in [0, 0.1) is 0 Å². The molecule has 1 N–H and O–H groups in total. The lowest BCUT2D eigenvalue weighted by atomic mass is 10.0. The maximum absolute atomic E-state index is 13.5. The number of hydrogen-bond donors (Lipinski definition) is 1. The van der Waals surface area contributed by atoms with Gasteiger partial charge >= 0.3 is 5.97 Å². The number of esters is 1. The zero-order valence-corrected chi connectivity index (χ0v) is 22.9. The smallest absolute Gasteiger partial charge is 0.329 e. The number of aromatic hydroxyl groups is 1. The van der Waals surface area contributed by atoms with Gasteiger partial charge in [-0.15, -0.1) is 0 Å². The normalized spacial score (nSPS) is 13.4. The van der Waals surface area contributed by atoms with Crippen LogP contribution < -0.4 is 5.56 Å². The lowest BCUT2D eigenvalue weighted by Gasteiger charge is -2.33. The molecule has 220 valence electrons. The number of pyridine rings is 1. The Morgan fingerprint density at radius 3 is 1.64 bits per heavy atom. The number of nitrogens with zero attached hydrogens (tertiary/aromatic N) is 19. The molecular formula is C17H20BrN19O5. The van der Waals surface area contributed by atoms with Crippen LogP contribution >= 0.6 is 15.9 Å². The highest BCUT2D eigenvalue weighted by Crippen LogP contribution is 2.26. The van der Waals surface area contributed by atoms with E-state index in [1.165, 1.54) is 0 Å². The first-order valence-corrected chi connectivity index (χ1v) is 12.0. The van der Waals surface area contributed by atoms with E-state index in [9.17, 15) is 14.7 Å². The summed E-state index contributed by atoms with van der Waals surface area (Å²) in [7, 11) is 0. The molecule has 0 saturated heterocycles. The van der Waals surface area contributed by atoms with Gasteiger partial charge in [-0.2, -0.15) is 0 Å². The number of carbonyl (C=O) groups is 1. The highest BCUT2D eigenvalue weighted by atomic mass is 79.9. The highest BCUT2D eigenvalue weighted by Gasteiger charge is 2.37. The largest absolute Gasteiger partial charge is 0.505 e. The second-order valence-corrected chi connectivity index (χ2v) is 8.88. The van der Waals surface area contributed by atoms with Gasteiger partial charge in [0.1, 0.15) is 17.4 Å². The van der Waals surface area contributed by atoms with Crippen LogP contribution in [0.2, 0.25) is 0 Å². The van der Waals surface area contributed by atoms with Gasteiger partial charge in [0.25, 0.3) is 5.56 Å². The first kappa shape index (κ1) is 34.5. The lowest BCUT2D eigenvalue weighted by Crippen LogP contribution is -2.47. The molecule has 0 aliphatic rings. The van der Waals surface area contributed by atoms with Crippen LogP contribution in [-0.2, 0) is 14.3 Å². The molecule has 0 spiro atoms. The number of aromatic nitrogens is 1. The van der Waals surface area contributed by atoms with E-state index in [4.69, 9.17) is 42.7 Å². The van der Waals surface area contributed by atoms with E-state index in [-0.39, 0.29) is 4.47 Å². The molecule has 0 bridgehead atoms. The van der Waals surface area contributed by atoms with Crippen molar-refractivity contribution in [1.29, 1.82) is 0 Å². The average molecular weight is 650 g/mol. The molecule has 1 unspecified atom stereocenters. The molecule has 1 atom stereocenters. The molecule has 1 rings (SSSR count). The average Bonchev–Trinajstić information content (AvgIpc) is 2.98. The van der Waals surface area contributed by atoms with Crippen LogP contribution in [0.5, 0.6) is 5.75 Å². The minimum atomic E-state index is -1.96. The summed E-state index contributed by atoms with van der Waals surface area (Å²) in [5.74, 6) is -1.64. The summed E-state index contributed by atoms with van der Waals surface area (Å²) in [6, 6.07) is -0.631. The van der Waals surface area contributed by atoms with Crippen molar-refractivity contribution < 1.29 is 19.4 Å². The standard InChI is InChI=1S/C17H20BrN19O5/c18-11-3-14(39)37(4-13(11)38)12(1-2-41-16(5-25-31-19,6-26-32-20)7-27-33-21)15(40)42-17(8-28-34-22,9-29-35-23)10-30-36-24/h3-4,12,38H,1-2,5-10H2. The summed E-state index contributed by atoms with van der Waals surface area (Å²) < 4.78 is 12.1. The molecule has 0 aliphatic heterocycles. The van der Waals surface area contributed by atoms with Gasteiger partial charge in [0.2, 0.25) is 0 Å². The Hall–Kier alpha value is -5.48. The molecule has 1 heterocycles. The SMILES string of the molecule is [N-]=[N+]=NCC(CN=[N+]=[N-])(CN=[N+]=[N-])OCCC(C(=O)OC(CN=[N+]=[N-])(CN=[N+]=[N-])CN=[N+]=[N-])n1cc(O)c(Br)cc1=O. The fourth-order valence-corrected chi connectivity index (χ4v) is 3.59. The first-order valence-electron chi connectivity index (χ1n) is 11.2. The second-order valence-electron chi connectivity index (χ2n) is 8.03. The highest BCUT2D eigenvalue weighted by molar-refractivity contribution is 9.10. The minimum Gasteiger partial charge on any atom is -0.505 e. The Balaban J connectivity index is 3.59. The number of carbonyl (C=O) groups excluding carboxylic acids is 1. The first-order chi connectivity index (χ1) is 20.2. The molecule has 0 aromatic carbocycles. The molecule has 0 amide bonds. The second kappa shape index (κ2) is 18.0. The van der Waals surface area contributed by atoms with Gasteiger partial charge in [-0.1, -0.05) is 30.7 Å². The lowest BCUT2D eigenvalue weighted by molar-refractivity contribution is -0.162. The molecule has 0 aliphatic carbocycles. The zero-order chi connectivity index (χ0) is 31.4. The summed E-state index contributed by atoms with van der Waals surface area (Å²) in [4.78, 5) is 41.9. The quantitative estimate of drug-likeness (QED) is 0.0915. The molecule has 1 aromatic heterocycles. The van der Waals surface area contributed by atoms with Gasteiger partial charge in [0, 0.05) is 48.6 Å². The fourth-order valence-electron chi connectivity index (χ4n) is 3.29. The third kappa shape index (κ3) is 10.6. The number of ether oxygens (including phenoxy) is 2. The fraction of sp³-hybridized carbons (Fsp3) is 0.647. The number of rotatable bonds is 19. The summed E-state index contributed by atoms with van der Waals surface area (Å²) >= 11 is 2.99. The van der Waals surface area contributed by atoms with Crippen molar-refractivity contribution in [2.45, 2.75) is 23.7 Å². The van der Waals surface area contributed by atoms with E-state index < -0.39 is 86.8 Å². The van der Waals surface area contributed by atoms with E-state index >= 15 is 0 Å². The Morgan fingerprint density at radius 2 is 1.24 bits per heavy atom. The van der Waals surface area contributed by atoms with Crippen molar-refractivity contribution >= 4 is 21.9 Å². The van der Waals surface area contributed by atoms with E-state index in [0.29, 0.717) is 0 Å². The third-order valence-corrected chi connectivity index (χ3v) is 5.90. The van der Waals surface area contributed by atoms with Gasteiger partial charge in [0.15, 0.2) is 0 Å². The van der Waals surface area contributed by atoms with E-state index in [2.05, 4.69) is 76.1 Å². The molecule has 24 nitrogen and oxygen atoms in total. The van der Waals surface area contributed by atoms with E-state index in [0.717, 1.165) is 16.8 Å². The van der Waals surface area contributed by atoms with Gasteiger partial charge in [-0.25, -0.2) is 4.79 Å². The Morgan fingerprint density at radius 1 is 0.833 bits per heavy atom. The molecule has 0 saturated carbocycles. The number of hydrogen-bond acceptors (Lipinski definition) is 11. The van der Waals surface area contributed by atoms with Gasteiger partial charge in [0.05, 0.1) is 55.5 Å². The van der Waals surface area contributed by atoms with Crippen LogP contribution in [0.25, 0.3) is 62.7 Å². The predicted octanol–water partition coefficient (Wildman–Crippen LogP) is 5.15. The summed E-state index contributed by atoms with van der Waals surface area (Å²) in [5, 5.41) is 30.4. The molecule has 0 radical (unpaired) electrons. The van der Waals surface area contributed by atoms with Crippen molar-refractivity contribution in [3.8, 4) is 5.75 Å². The van der Waals surface area contributed by atoms with Crippen molar-refractivity contribution in [2.24, 2.45) is 30.7 Å². The van der Waals surface area contributed by atoms with E-state index in [1.807, 2.05) is 0 Å². The van der Waals surface area contributed by atoms with Crippen LogP contribution in [0.3, 0.4) is 0 Å². The molecule has 42 heavy (non-hydrogen) atoms. The minimum absolute atomic E-state index is 0.00801. The van der Waals surface area contributed by atoms with Crippen LogP contribution in [0.1, 0.15) is 12.5 Å². The maximum Gasteiger partial charge on any atom is 0.329 e. The summed E-state index contributed by atoms with van der Waals surface area (Å²) in [5.41, 5.74) is 48.3. The summed E-state index contributed by atoms with van der Waals surface area (Å²) in [6.45, 7) is -3.71. The van der Waals surface area contributed by atoms with Crippen LogP contribution in [0.15, 0.2) is 52.2 Å². The monoisotopic (exact) mass is 649 g/mol. The van der Waals surface area contributed by atoms with Crippen molar-refractivity contribution in [3.63, 3.8) is 0 Å². The Labute approximate surface area is 241 Å². The molecular weight excluding hydrogens is 630 g/mol. The van der Waals surface area contributed by atoms with Gasteiger partial charge in [-0.3, -0.25) is 9.36 Å². The van der Waals surface area contributed by atoms with Gasteiger partial charge < -0.3 is 14.6 Å². The molecule has 1 aromatic rings. The predicted molar refractivity (Wildman–Crippen MR) is 145 cm³/mol. The van der Waals surface area contributed by atoms with Gasteiger partial charge in [-0.05, 0) is 49.1 Å². The third-order valence-electron chi connectivity index (χ3n) is 5.27. The number of halogens is 1. The Kier molecular flexibility index (Phi) is 14.8. The topological polar surface area (TPSA) is 370 Å². The van der Waals surface area contributed by atoms with Crippen LogP contribution in [0.4, 0.5) is 0 Å². The zero-order valence-electron chi connectivity index (χ0n) is 21.3. The van der Waals surface area contributed by atoms with Crippen molar-refractivity contribution in [1.82, 2.24) is 4.57 Å². The molecule has 25 heteroatoms. The summed E-state index contributed by atoms with van der Waals surface area (Å²) in [6.07, 6.45) is 0.520. The van der Waals surface area contributed by atoms with Crippen LogP contribution in [-0.4, -0.2) is 72.7 Å². The van der Waals surface area contributed by atoms with E-state index in [1.54, 1.807) is 0 Å². The maximum atomic E-state index is 13.5. The number of azide groups is 6. The Bertz CT molecular complexity index is 1370. The van der Waals surface area contributed by atoms with Crippen molar-refractivity contribution in [3.05, 3.63) is 89.7 Å². The molecule has 0 fully saturated rings. The van der Waals surface area contributed by atoms with Crippen molar-refractivity contribution in [2.75, 3.05) is 45.9 Å².